The number of aliphatic hydroxyl groups is 1. The van der Waals surface area contributed by atoms with E-state index in [1.807, 2.05) is 0 Å². The molecule has 2 aliphatic carbocycles. The molecule has 1 amide bonds. The van der Waals surface area contributed by atoms with Gasteiger partial charge in [-0.2, -0.15) is 0 Å². The van der Waals surface area contributed by atoms with Crippen LogP contribution in [0.2, 0.25) is 0 Å². The summed E-state index contributed by atoms with van der Waals surface area (Å²) >= 11 is 0. The Morgan fingerprint density at radius 2 is 1.78 bits per heavy atom. The predicted octanol–water partition coefficient (Wildman–Crippen LogP) is 5.89. The first-order chi connectivity index (χ1) is 18.0. The summed E-state index contributed by atoms with van der Waals surface area (Å²) in [4.78, 5) is 31.0. The van der Waals surface area contributed by atoms with Gasteiger partial charge in [0.05, 0.1) is 29.9 Å². The van der Waals surface area contributed by atoms with Crippen molar-refractivity contribution in [2.24, 2.45) is 5.92 Å². The number of carbonyl (C=O) groups is 2. The Hall–Kier alpha value is -2.45. The van der Waals surface area contributed by atoms with Crippen molar-refractivity contribution >= 4 is 29.1 Å². The first-order valence-corrected chi connectivity index (χ1v) is 14.0. The Morgan fingerprint density at radius 3 is 2.43 bits per heavy atom. The number of nitrogens with zero attached hydrogens (tertiary/aromatic N) is 3. The molecule has 0 spiro atoms. The number of carbonyl (C=O) groups excluding carboxylic acids is 2. The molecule has 1 N–H and O–H groups in total. The van der Waals surface area contributed by atoms with Crippen LogP contribution in [0.25, 0.3) is 11.0 Å². The average molecular weight is 514 g/mol. The summed E-state index contributed by atoms with van der Waals surface area (Å²) in [6.45, 7) is 4.21. The Bertz CT molecular complexity index is 1070. The zero-order chi connectivity index (χ0) is 26.5. The van der Waals surface area contributed by atoms with Gasteiger partial charge in [-0.15, -0.1) is 0 Å². The van der Waals surface area contributed by atoms with Gasteiger partial charge in [0, 0.05) is 30.7 Å². The highest BCUT2D eigenvalue weighted by Gasteiger charge is 2.34. The highest BCUT2D eigenvalue weighted by Crippen LogP contribution is 2.41. The quantitative estimate of drug-likeness (QED) is 0.501. The van der Waals surface area contributed by atoms with Crippen molar-refractivity contribution in [3.05, 3.63) is 23.5 Å². The zero-order valence-electron chi connectivity index (χ0n) is 22.8. The summed E-state index contributed by atoms with van der Waals surface area (Å²) in [7, 11) is 2.44. The summed E-state index contributed by atoms with van der Waals surface area (Å²) in [6.07, 6.45) is 12.5. The fourth-order valence-electron chi connectivity index (χ4n) is 6.51. The number of hydrogen-bond acceptors (Lipinski definition) is 6. The number of fused-ring (bicyclic) bond motifs is 3. The highest BCUT2D eigenvalue weighted by molar-refractivity contribution is 5.95. The van der Waals surface area contributed by atoms with Crippen molar-refractivity contribution in [2.45, 2.75) is 109 Å². The number of amides is 1. The van der Waals surface area contributed by atoms with Crippen LogP contribution in [0.4, 0.5) is 10.5 Å². The third kappa shape index (κ3) is 5.55. The van der Waals surface area contributed by atoms with E-state index in [-0.39, 0.29) is 24.2 Å². The third-order valence-electron chi connectivity index (χ3n) is 8.46. The van der Waals surface area contributed by atoms with Gasteiger partial charge < -0.3 is 23.9 Å². The van der Waals surface area contributed by atoms with Crippen molar-refractivity contribution in [3.8, 4) is 0 Å². The first-order valence-electron chi connectivity index (χ1n) is 14.0. The van der Waals surface area contributed by atoms with Crippen molar-refractivity contribution < 1.29 is 24.2 Å². The highest BCUT2D eigenvalue weighted by atomic mass is 16.5. The molecule has 0 radical (unpaired) electrons. The molecule has 1 aromatic carbocycles. The number of anilines is 1. The number of aryl methyl sites for hydroxylation is 1. The van der Waals surface area contributed by atoms with Crippen LogP contribution < -0.4 is 4.90 Å². The molecule has 2 heterocycles. The molecular weight excluding hydrogens is 470 g/mol. The number of ether oxygens (including phenoxy) is 2. The lowest BCUT2D eigenvalue weighted by molar-refractivity contribution is -0.112. The van der Waals surface area contributed by atoms with Gasteiger partial charge in [0.2, 0.25) is 0 Å². The normalized spacial score (nSPS) is 25.1. The van der Waals surface area contributed by atoms with Crippen LogP contribution in [0, 0.1) is 5.92 Å². The molecular formula is C29H43N3O5. The number of aldehydes is 1. The lowest BCUT2D eigenvalue weighted by Gasteiger charge is -2.34. The van der Waals surface area contributed by atoms with Crippen LogP contribution >= 0.6 is 0 Å². The maximum absolute atomic E-state index is 12.6. The number of methoxy groups -OCH3 is 1. The van der Waals surface area contributed by atoms with E-state index in [0.29, 0.717) is 12.1 Å². The van der Waals surface area contributed by atoms with E-state index < -0.39 is 0 Å². The molecule has 2 fully saturated rings. The van der Waals surface area contributed by atoms with E-state index >= 15 is 0 Å². The molecule has 1 aliphatic heterocycles. The van der Waals surface area contributed by atoms with Crippen LogP contribution in [0.3, 0.4) is 0 Å². The van der Waals surface area contributed by atoms with Crippen LogP contribution in [0.5, 0.6) is 0 Å². The van der Waals surface area contributed by atoms with Crippen molar-refractivity contribution in [1.29, 1.82) is 0 Å². The average Bonchev–Trinajstić information content (AvgIpc) is 3.34. The van der Waals surface area contributed by atoms with Gasteiger partial charge in [-0.25, -0.2) is 9.78 Å². The molecule has 2 aromatic rings. The molecule has 0 saturated heterocycles. The zero-order valence-corrected chi connectivity index (χ0v) is 22.8. The van der Waals surface area contributed by atoms with Gasteiger partial charge in [-0.1, -0.05) is 19.3 Å². The molecule has 2 unspecified atom stereocenters. The number of aromatic nitrogens is 2. The van der Waals surface area contributed by atoms with Gasteiger partial charge in [-0.05, 0) is 77.3 Å². The molecule has 1 aromatic heterocycles. The van der Waals surface area contributed by atoms with Crippen LogP contribution in [0.15, 0.2) is 12.1 Å². The molecule has 37 heavy (non-hydrogen) atoms. The molecule has 5 rings (SSSR count). The standard InChI is InChI=1S/C28H39N3O4.CH4O/c1-18-9-14-23-24(30(18)28(33)34-3)15-16-25-26(23)29-27(19(2)35-22-7-5-4-6-8-22)31(25)21-12-10-20(17-32)11-13-21;1-2/h15-22H,4-14H2,1-3H3;2H,1H3. The number of rotatable bonds is 5. The van der Waals surface area contributed by atoms with Crippen molar-refractivity contribution in [2.75, 3.05) is 19.1 Å². The first kappa shape index (κ1) is 27.6. The maximum Gasteiger partial charge on any atom is 0.414 e. The predicted molar refractivity (Wildman–Crippen MR) is 144 cm³/mol. The summed E-state index contributed by atoms with van der Waals surface area (Å²) in [5, 5.41) is 7.00. The number of hydrogen-bond donors (Lipinski definition) is 1. The fraction of sp³-hybridized carbons (Fsp3) is 0.690. The van der Waals surface area contributed by atoms with Gasteiger partial charge >= 0.3 is 6.09 Å². The Kier molecular flexibility index (Phi) is 9.24. The minimum Gasteiger partial charge on any atom is -0.452 e. The summed E-state index contributed by atoms with van der Waals surface area (Å²) in [5.41, 5.74) is 4.13. The summed E-state index contributed by atoms with van der Waals surface area (Å²) in [6, 6.07) is 4.58. The molecule has 8 nitrogen and oxygen atoms in total. The molecule has 3 aliphatic rings. The van der Waals surface area contributed by atoms with Gasteiger partial charge in [0.1, 0.15) is 18.2 Å². The molecule has 2 atom stereocenters. The second-order valence-electron chi connectivity index (χ2n) is 10.7. The largest absolute Gasteiger partial charge is 0.452 e. The molecule has 2 saturated carbocycles. The minimum absolute atomic E-state index is 0.0844. The van der Waals surface area contributed by atoms with Crippen molar-refractivity contribution in [3.63, 3.8) is 0 Å². The number of benzene rings is 1. The Labute approximate surface area is 220 Å². The summed E-state index contributed by atoms with van der Waals surface area (Å²) in [5.74, 6) is 1.15. The summed E-state index contributed by atoms with van der Waals surface area (Å²) < 4.78 is 14.1. The van der Waals surface area contributed by atoms with Crippen molar-refractivity contribution in [1.82, 2.24) is 9.55 Å². The molecule has 8 heteroatoms. The fourth-order valence-corrected chi connectivity index (χ4v) is 6.51. The smallest absolute Gasteiger partial charge is 0.414 e. The second kappa shape index (κ2) is 12.4. The SMILES string of the molecule is CO.COC(=O)N1c2ccc3c(nc(C(C)OC4CCCCC4)n3C3CCC(C=O)CC3)c2CCC1C. The monoisotopic (exact) mass is 513 g/mol. The molecule has 0 bridgehead atoms. The van der Waals surface area contributed by atoms with E-state index in [9.17, 15) is 9.59 Å². The van der Waals surface area contributed by atoms with Crippen LogP contribution in [-0.4, -0.2) is 53.4 Å². The van der Waals surface area contributed by atoms with Gasteiger partial charge in [0.25, 0.3) is 0 Å². The van der Waals surface area contributed by atoms with Gasteiger partial charge in [-0.3, -0.25) is 4.90 Å². The Morgan fingerprint density at radius 1 is 1.08 bits per heavy atom. The van der Waals surface area contributed by atoms with Crippen LogP contribution in [0.1, 0.15) is 102 Å². The lowest BCUT2D eigenvalue weighted by atomic mass is 9.86. The Balaban J connectivity index is 0.00000156. The minimum atomic E-state index is -0.321. The van der Waals surface area contributed by atoms with E-state index in [4.69, 9.17) is 19.6 Å². The van der Waals surface area contributed by atoms with E-state index in [2.05, 4.69) is 30.5 Å². The molecule has 204 valence electrons. The van der Waals surface area contributed by atoms with Crippen LogP contribution in [-0.2, 0) is 20.7 Å². The van der Waals surface area contributed by atoms with E-state index in [1.54, 1.807) is 4.90 Å². The second-order valence-corrected chi connectivity index (χ2v) is 10.7. The van der Waals surface area contributed by atoms with E-state index in [1.165, 1.54) is 26.4 Å². The number of imidazole rings is 1. The lowest BCUT2D eigenvalue weighted by Crippen LogP contribution is -2.42. The third-order valence-corrected chi connectivity index (χ3v) is 8.46. The maximum atomic E-state index is 12.6. The number of aliphatic hydroxyl groups excluding tert-OH is 1. The van der Waals surface area contributed by atoms with E-state index in [0.717, 1.165) is 92.9 Å². The topological polar surface area (TPSA) is 93.9 Å². The van der Waals surface area contributed by atoms with Gasteiger partial charge in [0.15, 0.2) is 0 Å².